The van der Waals surface area contributed by atoms with Crippen molar-refractivity contribution >= 4 is 5.69 Å². The first kappa shape index (κ1) is 19.0. The Morgan fingerprint density at radius 2 is 2.00 bits per heavy atom. The van der Waals surface area contributed by atoms with E-state index in [4.69, 9.17) is 4.42 Å². The quantitative estimate of drug-likeness (QED) is 0.735. The summed E-state index contributed by atoms with van der Waals surface area (Å²) in [6.07, 6.45) is -0.130. The lowest BCUT2D eigenvalue weighted by atomic mass is 9.56. The number of rotatable bonds is 4. The van der Waals surface area contributed by atoms with Gasteiger partial charge in [0.15, 0.2) is 0 Å². The van der Waals surface area contributed by atoms with Gasteiger partial charge in [-0.3, -0.25) is 0 Å². The third kappa shape index (κ3) is 3.67. The average Bonchev–Trinajstić information content (AvgIpc) is 3.05. The minimum atomic E-state index is -4.48. The standard InChI is InChI=1S/C19H23F3N4O2/c1-11(13-9-18(10-13)4-6-23-7-5-18)24-15-8-12(16-25-26-17(27)28-16)2-3-14(15)19(20,21)22/h2-3,8,11,13,23-24H,4-7,9-10H2,1H3,(H,26,27)/t11-/m0/s1. The second kappa shape index (κ2) is 6.95. The molecule has 1 spiro atoms. The van der Waals surface area contributed by atoms with Gasteiger partial charge in [-0.15, -0.1) is 5.10 Å². The molecular weight excluding hydrogens is 373 g/mol. The summed E-state index contributed by atoms with van der Waals surface area (Å²) < 4.78 is 45.3. The molecule has 1 aliphatic carbocycles. The van der Waals surface area contributed by atoms with Crippen molar-refractivity contribution in [3.8, 4) is 11.5 Å². The number of nitrogens with one attached hydrogen (secondary N) is 3. The SMILES string of the molecule is C[C@H](Nc1cc(-c2n[nH]c(=O)o2)ccc1C(F)(F)F)C1CC2(CCNCC2)C1. The van der Waals surface area contributed by atoms with Crippen molar-refractivity contribution in [1.29, 1.82) is 0 Å². The van der Waals surface area contributed by atoms with Crippen LogP contribution >= 0.6 is 0 Å². The molecule has 2 aliphatic rings. The molecule has 1 aromatic carbocycles. The highest BCUT2D eigenvalue weighted by Gasteiger charge is 2.46. The van der Waals surface area contributed by atoms with Gasteiger partial charge in [0.05, 0.1) is 5.56 Å². The summed E-state index contributed by atoms with van der Waals surface area (Å²) in [7, 11) is 0. The van der Waals surface area contributed by atoms with Crippen molar-refractivity contribution < 1.29 is 17.6 Å². The van der Waals surface area contributed by atoms with Crippen molar-refractivity contribution in [3.63, 3.8) is 0 Å². The van der Waals surface area contributed by atoms with Gasteiger partial charge in [-0.2, -0.15) is 13.2 Å². The van der Waals surface area contributed by atoms with E-state index >= 15 is 0 Å². The van der Waals surface area contributed by atoms with E-state index in [0.717, 1.165) is 44.8 Å². The van der Waals surface area contributed by atoms with Gasteiger partial charge in [-0.1, -0.05) is 0 Å². The molecule has 4 rings (SSSR count). The van der Waals surface area contributed by atoms with Crippen LogP contribution in [-0.4, -0.2) is 29.3 Å². The number of H-pyrrole nitrogens is 1. The number of nitrogens with zero attached hydrogens (tertiary/aromatic N) is 1. The monoisotopic (exact) mass is 396 g/mol. The van der Waals surface area contributed by atoms with E-state index in [1.165, 1.54) is 12.1 Å². The summed E-state index contributed by atoms with van der Waals surface area (Å²) in [5.74, 6) is -0.447. The number of piperidine rings is 1. The van der Waals surface area contributed by atoms with Crippen LogP contribution in [-0.2, 0) is 6.18 Å². The molecular formula is C19H23F3N4O2. The Labute approximate surface area is 159 Å². The molecule has 2 heterocycles. The fraction of sp³-hybridized carbons (Fsp3) is 0.579. The minimum absolute atomic E-state index is 0.0191. The van der Waals surface area contributed by atoms with Crippen LogP contribution in [0.1, 0.15) is 38.2 Å². The Balaban J connectivity index is 1.54. The van der Waals surface area contributed by atoms with E-state index in [-0.39, 0.29) is 17.6 Å². The smallest absolute Gasteiger partial charge is 0.388 e. The van der Waals surface area contributed by atoms with Crippen molar-refractivity contribution in [1.82, 2.24) is 15.5 Å². The van der Waals surface area contributed by atoms with E-state index in [9.17, 15) is 18.0 Å². The highest BCUT2D eigenvalue weighted by Crippen LogP contribution is 2.53. The molecule has 0 amide bonds. The molecule has 1 saturated carbocycles. The van der Waals surface area contributed by atoms with Crippen molar-refractivity contribution in [2.24, 2.45) is 11.3 Å². The Kier molecular flexibility index (Phi) is 4.73. The predicted molar refractivity (Wildman–Crippen MR) is 97.9 cm³/mol. The molecule has 1 atom stereocenters. The zero-order valence-corrected chi connectivity index (χ0v) is 15.5. The van der Waals surface area contributed by atoms with Gasteiger partial charge in [0, 0.05) is 17.3 Å². The molecule has 0 bridgehead atoms. The van der Waals surface area contributed by atoms with E-state index in [1.807, 2.05) is 6.92 Å². The predicted octanol–water partition coefficient (Wildman–Crippen LogP) is 3.63. The molecule has 28 heavy (non-hydrogen) atoms. The summed E-state index contributed by atoms with van der Waals surface area (Å²) in [6, 6.07) is 3.50. The topological polar surface area (TPSA) is 83.0 Å². The maximum Gasteiger partial charge on any atom is 0.434 e. The number of benzene rings is 1. The van der Waals surface area contributed by atoms with E-state index in [1.54, 1.807) is 0 Å². The van der Waals surface area contributed by atoms with Gasteiger partial charge >= 0.3 is 11.9 Å². The summed E-state index contributed by atoms with van der Waals surface area (Å²) in [5.41, 5.74) is -0.0882. The van der Waals surface area contributed by atoms with Crippen LogP contribution in [0.4, 0.5) is 18.9 Å². The zero-order chi connectivity index (χ0) is 19.9. The maximum absolute atomic E-state index is 13.5. The zero-order valence-electron chi connectivity index (χ0n) is 15.5. The first-order valence-corrected chi connectivity index (χ1v) is 9.50. The lowest BCUT2D eigenvalue weighted by molar-refractivity contribution is -0.137. The van der Waals surface area contributed by atoms with Crippen LogP contribution in [0.25, 0.3) is 11.5 Å². The number of alkyl halides is 3. The minimum Gasteiger partial charge on any atom is -0.388 e. The summed E-state index contributed by atoms with van der Waals surface area (Å²) in [4.78, 5) is 11.2. The number of hydrogen-bond acceptors (Lipinski definition) is 5. The highest BCUT2D eigenvalue weighted by atomic mass is 19.4. The van der Waals surface area contributed by atoms with Crippen molar-refractivity contribution in [2.75, 3.05) is 18.4 Å². The maximum atomic E-state index is 13.5. The average molecular weight is 396 g/mol. The Morgan fingerprint density at radius 3 is 2.61 bits per heavy atom. The van der Waals surface area contributed by atoms with Crippen molar-refractivity contribution in [3.05, 3.63) is 34.3 Å². The fourth-order valence-electron chi connectivity index (χ4n) is 4.53. The Morgan fingerprint density at radius 1 is 1.29 bits per heavy atom. The van der Waals surface area contributed by atoms with E-state index in [0.29, 0.717) is 16.9 Å². The highest BCUT2D eigenvalue weighted by molar-refractivity contribution is 5.65. The molecule has 0 radical (unpaired) electrons. The van der Waals surface area contributed by atoms with Gasteiger partial charge in [0.1, 0.15) is 0 Å². The third-order valence-electron chi connectivity index (χ3n) is 6.15. The van der Waals surface area contributed by atoms with Gasteiger partial charge in [-0.05, 0) is 75.2 Å². The molecule has 2 aromatic rings. The van der Waals surface area contributed by atoms with Crippen LogP contribution < -0.4 is 16.4 Å². The third-order valence-corrected chi connectivity index (χ3v) is 6.15. The molecule has 152 valence electrons. The fourth-order valence-corrected chi connectivity index (χ4v) is 4.53. The van der Waals surface area contributed by atoms with Crippen molar-refractivity contribution in [2.45, 2.75) is 44.8 Å². The number of anilines is 1. The summed E-state index contributed by atoms with van der Waals surface area (Å²) >= 11 is 0. The van der Waals surface area contributed by atoms with Crippen LogP contribution in [0, 0.1) is 11.3 Å². The van der Waals surface area contributed by atoms with Gasteiger partial charge < -0.3 is 15.1 Å². The molecule has 1 aromatic heterocycles. The van der Waals surface area contributed by atoms with Gasteiger partial charge in [-0.25, -0.2) is 9.89 Å². The Hall–Kier alpha value is -2.29. The number of aromatic nitrogens is 2. The number of hydrogen-bond donors (Lipinski definition) is 3. The lowest BCUT2D eigenvalue weighted by Gasteiger charge is -2.52. The lowest BCUT2D eigenvalue weighted by Crippen LogP contribution is -2.49. The molecule has 1 saturated heterocycles. The molecule has 3 N–H and O–H groups in total. The van der Waals surface area contributed by atoms with Gasteiger partial charge in [0.25, 0.3) is 0 Å². The number of halogens is 3. The molecule has 6 nitrogen and oxygen atoms in total. The first-order valence-electron chi connectivity index (χ1n) is 9.50. The normalized spacial score (nSPS) is 20.7. The van der Waals surface area contributed by atoms with Crippen LogP contribution in [0.15, 0.2) is 27.4 Å². The molecule has 9 heteroatoms. The molecule has 1 aliphatic heterocycles. The first-order chi connectivity index (χ1) is 13.3. The van der Waals surface area contributed by atoms with Gasteiger partial charge in [0.2, 0.25) is 5.89 Å². The van der Waals surface area contributed by atoms with Crippen LogP contribution in [0.5, 0.6) is 0 Å². The van der Waals surface area contributed by atoms with E-state index in [2.05, 4.69) is 20.8 Å². The second-order valence-electron chi connectivity index (χ2n) is 8.03. The largest absolute Gasteiger partial charge is 0.434 e. The summed E-state index contributed by atoms with van der Waals surface area (Å²) in [5, 5.41) is 12.2. The molecule has 2 fully saturated rings. The number of aromatic amines is 1. The molecule has 0 unspecified atom stereocenters. The van der Waals surface area contributed by atoms with Crippen LogP contribution in [0.3, 0.4) is 0 Å². The second-order valence-corrected chi connectivity index (χ2v) is 8.03. The summed E-state index contributed by atoms with van der Waals surface area (Å²) in [6.45, 7) is 3.97. The van der Waals surface area contributed by atoms with E-state index < -0.39 is 17.5 Å². The van der Waals surface area contributed by atoms with Crippen LogP contribution in [0.2, 0.25) is 0 Å². The Bertz CT molecular complexity index is 891.